The third-order valence-corrected chi connectivity index (χ3v) is 3.82. The van der Waals surface area contributed by atoms with Gasteiger partial charge in [0, 0.05) is 18.1 Å². The van der Waals surface area contributed by atoms with E-state index in [9.17, 15) is 0 Å². The molecule has 1 aliphatic carbocycles. The summed E-state index contributed by atoms with van der Waals surface area (Å²) in [6, 6.07) is 0.247. The van der Waals surface area contributed by atoms with Gasteiger partial charge in [-0.2, -0.15) is 0 Å². The van der Waals surface area contributed by atoms with Gasteiger partial charge in [-0.15, -0.1) is 0 Å². The molecule has 0 radical (unpaired) electrons. The summed E-state index contributed by atoms with van der Waals surface area (Å²) in [5, 5.41) is 3.68. The molecular weight excluding hydrogens is 184 g/mol. The van der Waals surface area contributed by atoms with Crippen molar-refractivity contribution in [3.63, 3.8) is 0 Å². The lowest BCUT2D eigenvalue weighted by Gasteiger charge is -2.37. The number of rotatable bonds is 3. The zero-order chi connectivity index (χ0) is 11.5. The maximum atomic E-state index is 6.16. The van der Waals surface area contributed by atoms with E-state index in [4.69, 9.17) is 5.73 Å². The first kappa shape index (κ1) is 13.0. The molecule has 0 aromatic heterocycles. The van der Waals surface area contributed by atoms with Crippen LogP contribution in [0.4, 0.5) is 0 Å². The van der Waals surface area contributed by atoms with Crippen molar-refractivity contribution in [3.8, 4) is 0 Å². The summed E-state index contributed by atoms with van der Waals surface area (Å²) >= 11 is 0. The van der Waals surface area contributed by atoms with Gasteiger partial charge < -0.3 is 11.1 Å². The lowest BCUT2D eigenvalue weighted by atomic mass is 9.82. The van der Waals surface area contributed by atoms with E-state index in [1.54, 1.807) is 0 Å². The Morgan fingerprint density at radius 2 is 1.73 bits per heavy atom. The predicted octanol–water partition coefficient (Wildman–Crippen LogP) is 2.67. The van der Waals surface area contributed by atoms with Gasteiger partial charge >= 0.3 is 0 Å². The minimum atomic E-state index is 0.206. The van der Waals surface area contributed by atoms with Crippen molar-refractivity contribution in [2.24, 2.45) is 11.1 Å². The summed E-state index contributed by atoms with van der Waals surface area (Å²) in [5.41, 5.74) is 6.72. The summed E-state index contributed by atoms with van der Waals surface area (Å²) in [4.78, 5) is 0. The molecule has 0 bridgehead atoms. The maximum absolute atomic E-state index is 6.16. The fourth-order valence-electron chi connectivity index (χ4n) is 2.17. The lowest BCUT2D eigenvalue weighted by Crippen LogP contribution is -2.52. The molecule has 2 nitrogen and oxygen atoms in total. The molecule has 0 amide bonds. The van der Waals surface area contributed by atoms with Crippen molar-refractivity contribution in [1.82, 2.24) is 5.32 Å². The predicted molar refractivity (Wildman–Crippen MR) is 66.9 cm³/mol. The van der Waals surface area contributed by atoms with E-state index < -0.39 is 0 Å². The van der Waals surface area contributed by atoms with Crippen LogP contribution >= 0.6 is 0 Å². The van der Waals surface area contributed by atoms with E-state index in [1.165, 1.54) is 32.1 Å². The Morgan fingerprint density at radius 1 is 1.20 bits per heavy atom. The fourth-order valence-corrected chi connectivity index (χ4v) is 2.17. The van der Waals surface area contributed by atoms with E-state index in [0.717, 1.165) is 6.54 Å². The number of nitrogens with one attached hydrogen (secondary N) is 1. The van der Waals surface area contributed by atoms with Gasteiger partial charge in [0.05, 0.1) is 0 Å². The minimum Gasteiger partial charge on any atom is -0.326 e. The van der Waals surface area contributed by atoms with E-state index in [1.807, 2.05) is 0 Å². The van der Waals surface area contributed by atoms with Crippen LogP contribution in [0.3, 0.4) is 0 Å². The van der Waals surface area contributed by atoms with Gasteiger partial charge in [0.25, 0.3) is 0 Å². The molecule has 3 N–H and O–H groups in total. The summed E-state index contributed by atoms with van der Waals surface area (Å²) in [6.45, 7) is 9.93. The lowest BCUT2D eigenvalue weighted by molar-refractivity contribution is 0.222. The largest absolute Gasteiger partial charge is 0.326 e. The highest BCUT2D eigenvalue weighted by Crippen LogP contribution is 2.28. The minimum absolute atomic E-state index is 0.206. The Balaban J connectivity index is 2.35. The van der Waals surface area contributed by atoms with Crippen LogP contribution in [0.15, 0.2) is 0 Å². The van der Waals surface area contributed by atoms with E-state index >= 15 is 0 Å². The smallest absolute Gasteiger partial charge is 0.0214 e. The molecule has 1 rings (SSSR count). The molecule has 0 aromatic carbocycles. The van der Waals surface area contributed by atoms with Crippen LogP contribution in [0.5, 0.6) is 0 Å². The van der Waals surface area contributed by atoms with Gasteiger partial charge in [-0.3, -0.25) is 0 Å². The first-order valence-electron chi connectivity index (χ1n) is 6.34. The number of hydrogen-bond donors (Lipinski definition) is 2. The van der Waals surface area contributed by atoms with Gasteiger partial charge in [-0.1, -0.05) is 40.0 Å². The first-order chi connectivity index (χ1) is 6.83. The number of hydrogen-bond acceptors (Lipinski definition) is 2. The maximum Gasteiger partial charge on any atom is 0.0214 e. The van der Waals surface area contributed by atoms with Crippen LogP contribution in [0.25, 0.3) is 0 Å². The molecule has 2 heteroatoms. The van der Waals surface area contributed by atoms with Gasteiger partial charge in [0.15, 0.2) is 0 Å². The van der Waals surface area contributed by atoms with Gasteiger partial charge in [0.2, 0.25) is 0 Å². The number of nitrogens with two attached hydrogens (primary N) is 1. The zero-order valence-corrected chi connectivity index (χ0v) is 10.9. The molecule has 15 heavy (non-hydrogen) atoms. The van der Waals surface area contributed by atoms with Crippen LogP contribution < -0.4 is 11.1 Å². The Bertz CT molecular complexity index is 187. The van der Waals surface area contributed by atoms with Crippen molar-refractivity contribution in [2.75, 3.05) is 6.54 Å². The molecule has 0 spiro atoms. The van der Waals surface area contributed by atoms with Gasteiger partial charge in [-0.05, 0) is 25.2 Å². The topological polar surface area (TPSA) is 38.0 Å². The molecule has 1 fully saturated rings. The van der Waals surface area contributed by atoms with E-state index in [-0.39, 0.29) is 11.5 Å². The first-order valence-corrected chi connectivity index (χ1v) is 6.34. The van der Waals surface area contributed by atoms with Crippen LogP contribution in [0, 0.1) is 5.41 Å². The molecular formula is C13H28N2. The monoisotopic (exact) mass is 212 g/mol. The summed E-state index contributed by atoms with van der Waals surface area (Å²) in [6.07, 6.45) is 6.76. The van der Waals surface area contributed by atoms with Crippen molar-refractivity contribution >= 4 is 0 Å². The quantitative estimate of drug-likeness (QED) is 0.755. The second-order valence-corrected chi connectivity index (χ2v) is 6.47. The zero-order valence-electron chi connectivity index (χ0n) is 10.9. The highest BCUT2D eigenvalue weighted by atomic mass is 15.0. The van der Waals surface area contributed by atoms with E-state index in [0.29, 0.717) is 5.54 Å². The highest BCUT2D eigenvalue weighted by Gasteiger charge is 2.28. The molecule has 0 aromatic rings. The fraction of sp³-hybridized carbons (Fsp3) is 1.00. The Labute approximate surface area is 95.0 Å². The molecule has 90 valence electrons. The van der Waals surface area contributed by atoms with Crippen molar-refractivity contribution in [3.05, 3.63) is 0 Å². The Kier molecular flexibility index (Phi) is 4.19. The standard InChI is InChI=1S/C13H28N2/c1-12(2,3)11(14)10-15-13(4)8-6-5-7-9-13/h11,15H,5-10,14H2,1-4H3. The van der Waals surface area contributed by atoms with Crippen molar-refractivity contribution in [1.29, 1.82) is 0 Å². The second kappa shape index (κ2) is 4.84. The average Bonchev–Trinajstić information content (AvgIpc) is 2.14. The molecule has 1 saturated carbocycles. The SMILES string of the molecule is CC1(NCC(N)C(C)(C)C)CCCCC1. The summed E-state index contributed by atoms with van der Waals surface area (Å²) in [5.74, 6) is 0. The normalized spacial score (nSPS) is 23.8. The van der Waals surface area contributed by atoms with Crippen molar-refractivity contribution in [2.45, 2.75) is 71.4 Å². The van der Waals surface area contributed by atoms with Gasteiger partial charge in [0.1, 0.15) is 0 Å². The van der Waals surface area contributed by atoms with Crippen LogP contribution in [-0.4, -0.2) is 18.1 Å². The molecule has 0 heterocycles. The molecule has 0 saturated heterocycles. The summed E-state index contributed by atoms with van der Waals surface area (Å²) in [7, 11) is 0. The molecule has 1 unspecified atom stereocenters. The van der Waals surface area contributed by atoms with Gasteiger partial charge in [-0.25, -0.2) is 0 Å². The van der Waals surface area contributed by atoms with E-state index in [2.05, 4.69) is 33.0 Å². The molecule has 1 atom stereocenters. The average molecular weight is 212 g/mol. The molecule has 0 aliphatic heterocycles. The Hall–Kier alpha value is -0.0800. The Morgan fingerprint density at radius 3 is 2.20 bits per heavy atom. The summed E-state index contributed by atoms with van der Waals surface area (Å²) < 4.78 is 0. The highest BCUT2D eigenvalue weighted by molar-refractivity contribution is 4.89. The molecule has 1 aliphatic rings. The van der Waals surface area contributed by atoms with Crippen molar-refractivity contribution < 1.29 is 0 Å². The van der Waals surface area contributed by atoms with Crippen LogP contribution in [0.2, 0.25) is 0 Å². The third-order valence-electron chi connectivity index (χ3n) is 3.82. The second-order valence-electron chi connectivity index (χ2n) is 6.47. The van der Waals surface area contributed by atoms with Crippen LogP contribution in [-0.2, 0) is 0 Å². The third kappa shape index (κ3) is 4.12. The van der Waals surface area contributed by atoms with Crippen LogP contribution in [0.1, 0.15) is 59.8 Å².